The minimum Gasteiger partial charge on any atom is -0.438 e. The predicted octanol–water partition coefficient (Wildman–Crippen LogP) is 5.89. The van der Waals surface area contributed by atoms with Gasteiger partial charge in [0.25, 0.3) is 0 Å². The quantitative estimate of drug-likeness (QED) is 0.369. The van der Waals surface area contributed by atoms with E-state index in [-0.39, 0.29) is 24.1 Å². The Morgan fingerprint density at radius 2 is 1.83 bits per heavy atom. The van der Waals surface area contributed by atoms with Crippen molar-refractivity contribution >= 4 is 0 Å². The van der Waals surface area contributed by atoms with Gasteiger partial charge >= 0.3 is 0 Å². The van der Waals surface area contributed by atoms with Gasteiger partial charge in [0.05, 0.1) is 35.3 Å². The number of rotatable bonds is 11. The Morgan fingerprint density at radius 3 is 2.46 bits per heavy atom. The number of para-hydroxylation sites is 1. The zero-order chi connectivity index (χ0) is 25.6. The van der Waals surface area contributed by atoms with Gasteiger partial charge in [-0.3, -0.25) is 4.90 Å². The molecule has 6 nitrogen and oxygen atoms in total. The summed E-state index contributed by atoms with van der Waals surface area (Å²) in [5, 5.41) is 15.5. The molecule has 190 valence electrons. The van der Waals surface area contributed by atoms with Crippen LogP contribution in [-0.4, -0.2) is 50.7 Å². The number of ether oxygens (including phenoxy) is 2. The fraction of sp³-hybridized carbons (Fsp3) is 0.464. The number of hydrogen-bond donors (Lipinski definition) is 1. The van der Waals surface area contributed by atoms with Crippen LogP contribution in [0.25, 0.3) is 5.69 Å². The first kappa shape index (κ1) is 26.9. The largest absolute Gasteiger partial charge is 0.438 e. The van der Waals surface area contributed by atoms with Gasteiger partial charge in [-0.2, -0.15) is 5.10 Å². The van der Waals surface area contributed by atoms with Gasteiger partial charge in [0.2, 0.25) is 5.88 Å². The number of aliphatic hydroxyl groups excluding tert-OH is 1. The van der Waals surface area contributed by atoms with Crippen molar-refractivity contribution in [2.45, 2.75) is 72.3 Å². The average Bonchev–Trinajstić information content (AvgIpc) is 3.11. The number of aliphatic hydroxyl groups is 1. The van der Waals surface area contributed by atoms with Crippen molar-refractivity contribution in [1.82, 2.24) is 14.7 Å². The third kappa shape index (κ3) is 7.62. The molecule has 0 aliphatic carbocycles. The van der Waals surface area contributed by atoms with E-state index in [4.69, 9.17) is 14.6 Å². The van der Waals surface area contributed by atoms with Crippen molar-refractivity contribution in [3.8, 4) is 17.3 Å². The molecule has 0 aliphatic heterocycles. The summed E-state index contributed by atoms with van der Waals surface area (Å²) >= 11 is 0. The van der Waals surface area contributed by atoms with Gasteiger partial charge in [-0.05, 0) is 65.3 Å². The molecule has 3 rings (SSSR count). The van der Waals surface area contributed by atoms with Gasteiger partial charge in [0, 0.05) is 25.2 Å². The maximum atomic E-state index is 13.9. The highest BCUT2D eigenvalue weighted by Gasteiger charge is 2.25. The van der Waals surface area contributed by atoms with Crippen LogP contribution in [-0.2, 0) is 11.3 Å². The number of aryl methyl sites for hydroxylation is 1. The molecule has 3 aromatic rings. The van der Waals surface area contributed by atoms with Crippen LogP contribution in [0.15, 0.2) is 54.6 Å². The van der Waals surface area contributed by atoms with Gasteiger partial charge in [-0.15, -0.1) is 0 Å². The molecular weight excluding hydrogens is 445 g/mol. The molecule has 0 aliphatic rings. The van der Waals surface area contributed by atoms with Crippen molar-refractivity contribution in [1.29, 1.82) is 0 Å². The number of nitrogens with zero attached hydrogens (tertiary/aromatic N) is 3. The second-order valence-electron chi connectivity index (χ2n) is 9.94. The Hall–Kier alpha value is -2.74. The van der Waals surface area contributed by atoms with Crippen LogP contribution in [0, 0.1) is 12.7 Å². The molecule has 35 heavy (non-hydrogen) atoms. The zero-order valence-corrected chi connectivity index (χ0v) is 21.7. The van der Waals surface area contributed by atoms with Gasteiger partial charge < -0.3 is 14.6 Å². The van der Waals surface area contributed by atoms with Crippen LogP contribution < -0.4 is 4.74 Å². The number of benzene rings is 2. The van der Waals surface area contributed by atoms with Crippen LogP contribution in [0.3, 0.4) is 0 Å². The third-order valence-electron chi connectivity index (χ3n) is 5.88. The fourth-order valence-electron chi connectivity index (χ4n) is 3.74. The lowest BCUT2D eigenvalue weighted by Gasteiger charge is -2.31. The molecule has 7 heteroatoms. The van der Waals surface area contributed by atoms with Crippen molar-refractivity contribution in [3.63, 3.8) is 0 Å². The van der Waals surface area contributed by atoms with E-state index in [2.05, 4.69) is 18.7 Å². The smallest absolute Gasteiger partial charge is 0.227 e. The third-order valence-corrected chi connectivity index (χ3v) is 5.88. The van der Waals surface area contributed by atoms with Crippen molar-refractivity contribution in [3.05, 3.63) is 71.7 Å². The summed E-state index contributed by atoms with van der Waals surface area (Å²) in [4.78, 5) is 2.22. The molecule has 1 heterocycles. The van der Waals surface area contributed by atoms with Crippen molar-refractivity contribution in [2.24, 2.45) is 0 Å². The molecule has 2 atom stereocenters. The number of halogens is 1. The summed E-state index contributed by atoms with van der Waals surface area (Å²) in [6.07, 6.45) is 0.277. The fourth-order valence-corrected chi connectivity index (χ4v) is 3.74. The van der Waals surface area contributed by atoms with E-state index in [9.17, 15) is 9.50 Å². The first-order valence-corrected chi connectivity index (χ1v) is 12.2. The minimum atomic E-state index is -0.639. The lowest BCUT2D eigenvalue weighted by molar-refractivity contribution is -0.0593. The van der Waals surface area contributed by atoms with E-state index in [1.54, 1.807) is 16.8 Å². The normalized spacial score (nSPS) is 13.7. The Bertz CT molecular complexity index is 1080. The second kappa shape index (κ2) is 11.8. The van der Waals surface area contributed by atoms with Crippen LogP contribution in [0.4, 0.5) is 4.39 Å². The molecule has 2 aromatic carbocycles. The van der Waals surface area contributed by atoms with Crippen molar-refractivity contribution in [2.75, 3.05) is 13.2 Å². The SMILES string of the molecule is CC[C@@H](C)N(Cc1c(C)nn(-c2ccccc2)c1Oc1cccc(F)c1)C[C@H](O)COC(C)(C)C. The van der Waals surface area contributed by atoms with Gasteiger partial charge in [-0.1, -0.05) is 31.2 Å². The summed E-state index contributed by atoms with van der Waals surface area (Å²) < 4.78 is 27.7. The van der Waals surface area contributed by atoms with Gasteiger partial charge in [0.1, 0.15) is 11.6 Å². The highest BCUT2D eigenvalue weighted by atomic mass is 19.1. The highest BCUT2D eigenvalue weighted by Crippen LogP contribution is 2.32. The van der Waals surface area contributed by atoms with Crippen LogP contribution in [0.1, 0.15) is 52.3 Å². The molecular formula is C28H38FN3O3. The lowest BCUT2D eigenvalue weighted by atomic mass is 10.1. The summed E-state index contributed by atoms with van der Waals surface area (Å²) in [7, 11) is 0. The lowest BCUT2D eigenvalue weighted by Crippen LogP contribution is -2.41. The van der Waals surface area contributed by atoms with E-state index in [1.807, 2.05) is 58.0 Å². The summed E-state index contributed by atoms with van der Waals surface area (Å²) in [6, 6.07) is 16.0. The average molecular weight is 484 g/mol. The molecule has 0 spiro atoms. The Labute approximate surface area is 208 Å². The highest BCUT2D eigenvalue weighted by molar-refractivity contribution is 5.43. The van der Waals surface area contributed by atoms with Crippen LogP contribution in [0.2, 0.25) is 0 Å². The van der Waals surface area contributed by atoms with Gasteiger partial charge in [-0.25, -0.2) is 9.07 Å². The summed E-state index contributed by atoms with van der Waals surface area (Å²) in [6.45, 7) is 13.4. The van der Waals surface area contributed by atoms with E-state index < -0.39 is 6.10 Å². The molecule has 0 bridgehead atoms. The Morgan fingerprint density at radius 1 is 1.11 bits per heavy atom. The number of aromatic nitrogens is 2. The monoisotopic (exact) mass is 483 g/mol. The summed E-state index contributed by atoms with van der Waals surface area (Å²) in [5.74, 6) is 0.569. The first-order valence-electron chi connectivity index (χ1n) is 12.2. The van der Waals surface area contributed by atoms with Crippen LogP contribution in [0.5, 0.6) is 11.6 Å². The van der Waals surface area contributed by atoms with E-state index in [0.717, 1.165) is 23.4 Å². The molecule has 0 amide bonds. The molecule has 0 unspecified atom stereocenters. The first-order chi connectivity index (χ1) is 16.6. The van der Waals surface area contributed by atoms with E-state index >= 15 is 0 Å². The van der Waals surface area contributed by atoms with Crippen molar-refractivity contribution < 1.29 is 19.0 Å². The zero-order valence-electron chi connectivity index (χ0n) is 21.7. The Balaban J connectivity index is 1.95. The van der Waals surface area contributed by atoms with E-state index in [1.165, 1.54) is 12.1 Å². The van der Waals surface area contributed by atoms with E-state index in [0.29, 0.717) is 24.7 Å². The van der Waals surface area contributed by atoms with Crippen LogP contribution >= 0.6 is 0 Å². The molecule has 0 saturated heterocycles. The second-order valence-corrected chi connectivity index (χ2v) is 9.94. The topological polar surface area (TPSA) is 59.8 Å². The molecule has 0 radical (unpaired) electrons. The minimum absolute atomic E-state index is 0.209. The Kier molecular flexibility index (Phi) is 9.05. The molecule has 0 fully saturated rings. The predicted molar refractivity (Wildman–Crippen MR) is 137 cm³/mol. The molecule has 1 N–H and O–H groups in total. The molecule has 1 aromatic heterocycles. The molecule has 0 saturated carbocycles. The number of hydrogen-bond acceptors (Lipinski definition) is 5. The standard InChI is InChI=1S/C28H38FN3O3/c1-7-20(2)31(17-24(33)19-34-28(4,5)6)18-26-21(3)30-32(23-13-9-8-10-14-23)27(26)35-25-15-11-12-22(29)16-25/h8-16,20,24,33H,7,17-19H2,1-6H3/t20-,24+/m1/s1. The maximum absolute atomic E-state index is 13.9. The maximum Gasteiger partial charge on any atom is 0.227 e. The van der Waals surface area contributed by atoms with Gasteiger partial charge in [0.15, 0.2) is 0 Å². The summed E-state index contributed by atoms with van der Waals surface area (Å²) in [5.41, 5.74) is 2.24.